The van der Waals surface area contributed by atoms with Crippen LogP contribution in [0.1, 0.15) is 0 Å². The summed E-state index contributed by atoms with van der Waals surface area (Å²) >= 11 is 6.20. The monoisotopic (exact) mass is 461 g/mol. The molecular weight excluding hydrogens is 456 g/mol. The quantitative estimate of drug-likeness (QED) is 0.700. The zero-order chi connectivity index (χ0) is 13.3. The van der Waals surface area contributed by atoms with Crippen LogP contribution in [0.15, 0.2) is 38.3 Å². The molecule has 0 aliphatic rings. The Balaban J connectivity index is 2.33. The van der Waals surface area contributed by atoms with E-state index in [1.165, 1.54) is 18.2 Å². The maximum Gasteiger partial charge on any atom is 0.271 e. The molecule has 0 amide bonds. The molecule has 0 unspecified atom stereocenters. The van der Waals surface area contributed by atoms with Crippen LogP contribution in [-0.4, -0.2) is 8.42 Å². The predicted octanol–water partition coefficient (Wildman–Crippen LogP) is 4.06. The third-order valence-corrected chi connectivity index (χ3v) is 6.14. The fourth-order valence-corrected chi connectivity index (χ4v) is 4.74. The Morgan fingerprint density at radius 3 is 2.56 bits per heavy atom. The number of anilines is 1. The zero-order valence-corrected chi connectivity index (χ0v) is 14.0. The highest BCUT2D eigenvalue weighted by Gasteiger charge is 2.18. The van der Waals surface area contributed by atoms with Gasteiger partial charge >= 0.3 is 0 Å². The van der Waals surface area contributed by atoms with Crippen LogP contribution in [-0.2, 0) is 10.0 Å². The molecule has 0 spiro atoms. The van der Waals surface area contributed by atoms with Gasteiger partial charge in [-0.05, 0) is 68.9 Å². The molecule has 0 bridgehead atoms. The number of halogens is 3. The van der Waals surface area contributed by atoms with Crippen molar-refractivity contribution in [2.45, 2.75) is 4.21 Å². The molecule has 0 atom stereocenters. The van der Waals surface area contributed by atoms with Gasteiger partial charge in [0, 0.05) is 3.57 Å². The van der Waals surface area contributed by atoms with Gasteiger partial charge in [0.25, 0.3) is 10.0 Å². The molecule has 2 rings (SSSR count). The van der Waals surface area contributed by atoms with Gasteiger partial charge in [0.1, 0.15) is 10.0 Å². The first kappa shape index (κ1) is 14.2. The van der Waals surface area contributed by atoms with Crippen LogP contribution in [0.2, 0.25) is 0 Å². The van der Waals surface area contributed by atoms with E-state index < -0.39 is 15.8 Å². The summed E-state index contributed by atoms with van der Waals surface area (Å²) in [6.07, 6.45) is 0. The Labute approximate surface area is 130 Å². The molecule has 0 radical (unpaired) electrons. The summed E-state index contributed by atoms with van der Waals surface area (Å²) in [7, 11) is -3.73. The summed E-state index contributed by atoms with van der Waals surface area (Å²) in [5.74, 6) is -0.596. The van der Waals surface area contributed by atoms with E-state index >= 15 is 0 Å². The minimum atomic E-state index is -3.73. The van der Waals surface area contributed by atoms with Crippen molar-refractivity contribution in [3.63, 3.8) is 0 Å². The summed E-state index contributed by atoms with van der Waals surface area (Å²) < 4.78 is 41.2. The summed E-state index contributed by atoms with van der Waals surface area (Å²) in [4.78, 5) is 0. The smallest absolute Gasteiger partial charge is 0.271 e. The number of thiophene rings is 1. The molecule has 0 fully saturated rings. The Bertz CT molecular complexity index is 687. The molecule has 18 heavy (non-hydrogen) atoms. The van der Waals surface area contributed by atoms with Gasteiger partial charge in [-0.25, -0.2) is 12.8 Å². The summed E-state index contributed by atoms with van der Waals surface area (Å²) in [6.45, 7) is 0. The van der Waals surface area contributed by atoms with Crippen LogP contribution in [0.25, 0.3) is 0 Å². The summed E-state index contributed by atoms with van der Waals surface area (Å²) in [6, 6.07) is 7.39. The number of hydrogen-bond acceptors (Lipinski definition) is 3. The van der Waals surface area contributed by atoms with Crippen LogP contribution >= 0.6 is 49.9 Å². The van der Waals surface area contributed by atoms with E-state index in [0.29, 0.717) is 7.36 Å². The van der Waals surface area contributed by atoms with Crippen molar-refractivity contribution in [2.24, 2.45) is 0 Å². The second-order valence-corrected chi connectivity index (χ2v) is 8.91. The Morgan fingerprint density at radius 2 is 2.00 bits per heavy atom. The average molecular weight is 462 g/mol. The van der Waals surface area contributed by atoms with E-state index in [9.17, 15) is 12.8 Å². The van der Waals surface area contributed by atoms with Crippen LogP contribution in [0.3, 0.4) is 0 Å². The largest absolute Gasteiger partial charge is 0.276 e. The van der Waals surface area contributed by atoms with Gasteiger partial charge in [-0.15, -0.1) is 11.3 Å². The van der Waals surface area contributed by atoms with Gasteiger partial charge in [-0.3, -0.25) is 4.72 Å². The fraction of sp³-hybridized carbons (Fsp3) is 0. The average Bonchev–Trinajstić information content (AvgIpc) is 2.70. The zero-order valence-electron chi connectivity index (χ0n) is 8.65. The first-order chi connectivity index (χ1) is 8.38. The van der Waals surface area contributed by atoms with E-state index in [2.05, 4.69) is 20.7 Å². The molecule has 8 heteroatoms. The minimum Gasteiger partial charge on any atom is -0.276 e. The SMILES string of the molecule is O=S(=O)(Nc1ccc(I)cc1F)c1ccc(Br)s1. The molecule has 0 saturated heterocycles. The molecule has 1 heterocycles. The van der Waals surface area contributed by atoms with Crippen molar-refractivity contribution in [2.75, 3.05) is 4.72 Å². The molecule has 3 nitrogen and oxygen atoms in total. The first-order valence-electron chi connectivity index (χ1n) is 4.62. The maximum absolute atomic E-state index is 13.6. The normalized spacial score (nSPS) is 11.5. The second-order valence-electron chi connectivity index (χ2n) is 3.29. The van der Waals surface area contributed by atoms with Gasteiger partial charge in [0.2, 0.25) is 0 Å². The molecule has 96 valence electrons. The van der Waals surface area contributed by atoms with Gasteiger partial charge < -0.3 is 0 Å². The van der Waals surface area contributed by atoms with Gasteiger partial charge in [-0.1, -0.05) is 0 Å². The van der Waals surface area contributed by atoms with Crippen LogP contribution in [0.5, 0.6) is 0 Å². The Morgan fingerprint density at radius 1 is 1.28 bits per heavy atom. The highest BCUT2D eigenvalue weighted by molar-refractivity contribution is 14.1. The lowest BCUT2D eigenvalue weighted by Gasteiger charge is -2.07. The molecule has 0 aliphatic heterocycles. The van der Waals surface area contributed by atoms with Crippen LogP contribution in [0, 0.1) is 9.39 Å². The summed E-state index contributed by atoms with van der Waals surface area (Å²) in [5.41, 5.74) is -0.0556. The molecule has 0 saturated carbocycles. The van der Waals surface area contributed by atoms with E-state index in [1.807, 2.05) is 22.6 Å². The number of nitrogens with one attached hydrogen (secondary N) is 1. The van der Waals surface area contributed by atoms with E-state index in [1.54, 1.807) is 12.1 Å². The van der Waals surface area contributed by atoms with Crippen LogP contribution < -0.4 is 4.72 Å². The van der Waals surface area contributed by atoms with E-state index in [0.717, 1.165) is 11.3 Å². The standard InChI is InChI=1S/C10H6BrFINO2S2/c11-9-3-4-10(17-9)18(15,16)14-8-2-1-6(13)5-7(8)12/h1-5,14H. The third kappa shape index (κ3) is 3.22. The molecule has 1 aromatic carbocycles. The number of benzene rings is 1. The third-order valence-electron chi connectivity index (χ3n) is 1.99. The van der Waals surface area contributed by atoms with Crippen LogP contribution in [0.4, 0.5) is 10.1 Å². The minimum absolute atomic E-state index is 0.0556. The highest BCUT2D eigenvalue weighted by atomic mass is 127. The van der Waals surface area contributed by atoms with Crippen molar-refractivity contribution < 1.29 is 12.8 Å². The summed E-state index contributed by atoms with van der Waals surface area (Å²) in [5, 5.41) is 0. The molecule has 2 aromatic rings. The Kier molecular flexibility index (Phi) is 4.29. The van der Waals surface area contributed by atoms with Crippen molar-refractivity contribution in [1.82, 2.24) is 0 Å². The van der Waals surface area contributed by atoms with Gasteiger partial charge in [0.15, 0.2) is 0 Å². The van der Waals surface area contributed by atoms with Gasteiger partial charge in [0.05, 0.1) is 9.47 Å². The Hall–Kier alpha value is -0.190. The maximum atomic E-state index is 13.6. The second kappa shape index (κ2) is 5.43. The van der Waals surface area contributed by atoms with Crippen molar-refractivity contribution in [3.8, 4) is 0 Å². The van der Waals surface area contributed by atoms with Crippen molar-refractivity contribution in [3.05, 3.63) is 43.5 Å². The molecule has 1 N–H and O–H groups in total. The fourth-order valence-electron chi connectivity index (χ4n) is 1.21. The lowest BCUT2D eigenvalue weighted by molar-refractivity contribution is 0.600. The molecule has 0 aliphatic carbocycles. The number of sulfonamides is 1. The lowest BCUT2D eigenvalue weighted by Crippen LogP contribution is -2.12. The van der Waals surface area contributed by atoms with E-state index in [-0.39, 0.29) is 9.90 Å². The highest BCUT2D eigenvalue weighted by Crippen LogP contribution is 2.28. The predicted molar refractivity (Wildman–Crippen MR) is 81.9 cm³/mol. The molecule has 1 aromatic heterocycles. The van der Waals surface area contributed by atoms with Crippen molar-refractivity contribution >= 4 is 65.6 Å². The van der Waals surface area contributed by atoms with Crippen molar-refractivity contribution in [1.29, 1.82) is 0 Å². The lowest BCUT2D eigenvalue weighted by atomic mass is 10.3. The van der Waals surface area contributed by atoms with Gasteiger partial charge in [-0.2, -0.15) is 0 Å². The van der Waals surface area contributed by atoms with E-state index in [4.69, 9.17) is 0 Å². The topological polar surface area (TPSA) is 46.2 Å². The molecular formula is C10H6BrFINO2S2. The first-order valence-corrected chi connectivity index (χ1v) is 8.79. The number of rotatable bonds is 3. The number of hydrogen-bond donors (Lipinski definition) is 1.